The highest BCUT2D eigenvalue weighted by atomic mass is 35.5. The predicted octanol–water partition coefficient (Wildman–Crippen LogP) is 4.90. The largest absolute Gasteiger partial charge is 0.478 e. The molecule has 0 aliphatic heterocycles. The number of nitrogens with zero attached hydrogens (tertiary/aromatic N) is 2. The number of halogens is 1. The molecule has 4 aromatic rings. The molecule has 0 radical (unpaired) electrons. The van der Waals surface area contributed by atoms with Gasteiger partial charge in [-0.15, -0.1) is 0 Å². The zero-order valence-electron chi connectivity index (χ0n) is 15.0. The van der Waals surface area contributed by atoms with Gasteiger partial charge in [-0.05, 0) is 60.7 Å². The van der Waals surface area contributed by atoms with E-state index < -0.39 is 5.97 Å². The van der Waals surface area contributed by atoms with Gasteiger partial charge in [-0.1, -0.05) is 11.6 Å². The van der Waals surface area contributed by atoms with E-state index in [1.165, 1.54) is 12.1 Å². The van der Waals surface area contributed by atoms with E-state index in [1.807, 2.05) is 6.07 Å². The van der Waals surface area contributed by atoms with Gasteiger partial charge in [0.25, 0.3) is 5.91 Å². The lowest BCUT2D eigenvalue weighted by Gasteiger charge is -2.11. The summed E-state index contributed by atoms with van der Waals surface area (Å²) < 4.78 is 0. The molecule has 0 atom stereocenters. The zero-order chi connectivity index (χ0) is 20.4. The summed E-state index contributed by atoms with van der Waals surface area (Å²) in [7, 11) is 0. The van der Waals surface area contributed by atoms with Crippen LogP contribution in [0.1, 0.15) is 20.7 Å². The van der Waals surface area contributed by atoms with E-state index >= 15 is 0 Å². The smallest absolute Gasteiger partial charge is 0.335 e. The molecule has 6 nitrogen and oxygen atoms in total. The minimum Gasteiger partial charge on any atom is -0.478 e. The average molecular weight is 404 g/mol. The Bertz CT molecular complexity index is 1230. The van der Waals surface area contributed by atoms with Gasteiger partial charge in [-0.2, -0.15) is 0 Å². The number of aromatic nitrogens is 2. The molecule has 2 heterocycles. The molecule has 29 heavy (non-hydrogen) atoms. The second kappa shape index (κ2) is 7.69. The number of carbonyl (C=O) groups excluding carboxylic acids is 1. The van der Waals surface area contributed by atoms with Crippen molar-refractivity contribution in [3.8, 4) is 11.3 Å². The van der Waals surface area contributed by atoms with Crippen molar-refractivity contribution in [2.45, 2.75) is 0 Å². The first-order valence-corrected chi connectivity index (χ1v) is 9.04. The SMILES string of the molecule is O=C(O)c1ccc(NC(=O)c2cc(-c3cccnc3)nc3ccc(Cl)cc23)cc1. The molecule has 0 unspecified atom stereocenters. The van der Waals surface area contributed by atoms with Gasteiger partial charge in [-0.3, -0.25) is 9.78 Å². The monoisotopic (exact) mass is 403 g/mol. The summed E-state index contributed by atoms with van der Waals surface area (Å²) in [4.78, 5) is 32.8. The summed E-state index contributed by atoms with van der Waals surface area (Å²) in [5.74, 6) is -1.38. The van der Waals surface area contributed by atoms with Crippen molar-refractivity contribution in [2.75, 3.05) is 5.32 Å². The fraction of sp³-hybridized carbons (Fsp3) is 0. The van der Waals surface area contributed by atoms with Crippen molar-refractivity contribution < 1.29 is 14.7 Å². The summed E-state index contributed by atoms with van der Waals surface area (Å²) in [6, 6.07) is 16.5. The van der Waals surface area contributed by atoms with Gasteiger partial charge in [0.05, 0.1) is 22.3 Å². The lowest BCUT2D eigenvalue weighted by atomic mass is 10.0. The third-order valence-corrected chi connectivity index (χ3v) is 4.60. The van der Waals surface area contributed by atoms with Gasteiger partial charge in [0.15, 0.2) is 0 Å². The highest BCUT2D eigenvalue weighted by Gasteiger charge is 2.15. The summed E-state index contributed by atoms with van der Waals surface area (Å²) in [5.41, 5.74) is 3.04. The van der Waals surface area contributed by atoms with Crippen LogP contribution < -0.4 is 5.32 Å². The van der Waals surface area contributed by atoms with E-state index in [0.29, 0.717) is 32.9 Å². The summed E-state index contributed by atoms with van der Waals surface area (Å²) in [5, 5.41) is 12.9. The van der Waals surface area contributed by atoms with Crippen LogP contribution in [0.3, 0.4) is 0 Å². The van der Waals surface area contributed by atoms with E-state index in [4.69, 9.17) is 16.7 Å². The number of benzene rings is 2. The molecule has 0 saturated carbocycles. The average Bonchev–Trinajstić information content (AvgIpc) is 2.74. The third kappa shape index (κ3) is 3.93. The minimum atomic E-state index is -1.03. The molecule has 142 valence electrons. The van der Waals surface area contributed by atoms with Crippen LogP contribution in [0.25, 0.3) is 22.2 Å². The Hall–Kier alpha value is -3.77. The Kier molecular flexibility index (Phi) is 4.93. The Labute approximate surface area is 170 Å². The normalized spacial score (nSPS) is 10.7. The van der Waals surface area contributed by atoms with E-state index in [1.54, 1.807) is 54.9 Å². The molecular formula is C22H14ClN3O3. The van der Waals surface area contributed by atoms with Gasteiger partial charge >= 0.3 is 5.97 Å². The fourth-order valence-corrected chi connectivity index (χ4v) is 3.11. The van der Waals surface area contributed by atoms with Crippen LogP contribution in [0.2, 0.25) is 5.02 Å². The lowest BCUT2D eigenvalue weighted by Crippen LogP contribution is -2.13. The second-order valence-corrected chi connectivity index (χ2v) is 6.73. The number of hydrogen-bond acceptors (Lipinski definition) is 4. The molecule has 0 aliphatic rings. The molecule has 0 aliphatic carbocycles. The molecular weight excluding hydrogens is 390 g/mol. The first-order chi connectivity index (χ1) is 14.0. The maximum absolute atomic E-state index is 13.0. The molecule has 0 bridgehead atoms. The van der Waals surface area contributed by atoms with Gasteiger partial charge in [-0.25, -0.2) is 9.78 Å². The van der Waals surface area contributed by atoms with Crippen LogP contribution in [-0.4, -0.2) is 27.0 Å². The van der Waals surface area contributed by atoms with Crippen molar-refractivity contribution in [3.63, 3.8) is 0 Å². The van der Waals surface area contributed by atoms with Gasteiger partial charge in [0, 0.05) is 34.1 Å². The van der Waals surface area contributed by atoms with Gasteiger partial charge in [0.2, 0.25) is 0 Å². The second-order valence-electron chi connectivity index (χ2n) is 6.29. The number of nitrogens with one attached hydrogen (secondary N) is 1. The maximum atomic E-state index is 13.0. The van der Waals surface area contributed by atoms with E-state index in [0.717, 1.165) is 5.56 Å². The van der Waals surface area contributed by atoms with Gasteiger partial charge < -0.3 is 10.4 Å². The first-order valence-electron chi connectivity index (χ1n) is 8.67. The highest BCUT2D eigenvalue weighted by molar-refractivity contribution is 6.31. The quantitative estimate of drug-likeness (QED) is 0.505. The van der Waals surface area contributed by atoms with Crippen LogP contribution in [-0.2, 0) is 0 Å². The Morgan fingerprint density at radius 1 is 1.00 bits per heavy atom. The standard InChI is InChI=1S/C22H14ClN3O3/c23-15-5-8-19-17(10-15)18(11-20(26-19)14-2-1-9-24-12-14)21(27)25-16-6-3-13(4-7-16)22(28)29/h1-12H,(H,25,27)(H,28,29). The van der Waals surface area contributed by atoms with Crippen LogP contribution in [0.5, 0.6) is 0 Å². The maximum Gasteiger partial charge on any atom is 0.335 e. The Morgan fingerprint density at radius 3 is 2.48 bits per heavy atom. The Balaban J connectivity index is 1.77. The minimum absolute atomic E-state index is 0.142. The molecule has 2 aromatic heterocycles. The third-order valence-electron chi connectivity index (χ3n) is 4.36. The number of aromatic carboxylic acids is 1. The van der Waals surface area contributed by atoms with Gasteiger partial charge in [0.1, 0.15) is 0 Å². The zero-order valence-corrected chi connectivity index (χ0v) is 15.7. The van der Waals surface area contributed by atoms with E-state index in [-0.39, 0.29) is 11.5 Å². The predicted molar refractivity (Wildman–Crippen MR) is 111 cm³/mol. The number of carboxylic acid groups (broad SMARTS) is 1. The summed E-state index contributed by atoms with van der Waals surface area (Å²) >= 11 is 6.13. The molecule has 7 heteroatoms. The van der Waals surface area contributed by atoms with Crippen molar-refractivity contribution in [1.82, 2.24) is 9.97 Å². The molecule has 1 amide bonds. The number of carboxylic acids is 1. The Morgan fingerprint density at radius 2 is 1.79 bits per heavy atom. The summed E-state index contributed by atoms with van der Waals surface area (Å²) in [6.45, 7) is 0. The van der Waals surface area contributed by atoms with Crippen LogP contribution in [0, 0.1) is 0 Å². The highest BCUT2D eigenvalue weighted by Crippen LogP contribution is 2.27. The number of anilines is 1. The molecule has 2 N–H and O–H groups in total. The summed E-state index contributed by atoms with van der Waals surface area (Å²) in [6.07, 6.45) is 3.34. The van der Waals surface area contributed by atoms with Crippen LogP contribution in [0.4, 0.5) is 5.69 Å². The van der Waals surface area contributed by atoms with Crippen molar-refractivity contribution >= 4 is 40.1 Å². The number of hydrogen-bond donors (Lipinski definition) is 2. The van der Waals surface area contributed by atoms with Crippen LogP contribution in [0.15, 0.2) is 73.1 Å². The van der Waals surface area contributed by atoms with Crippen molar-refractivity contribution in [2.24, 2.45) is 0 Å². The number of rotatable bonds is 4. The molecule has 0 saturated heterocycles. The molecule has 0 spiro atoms. The number of amides is 1. The fourth-order valence-electron chi connectivity index (χ4n) is 2.94. The van der Waals surface area contributed by atoms with E-state index in [9.17, 15) is 9.59 Å². The van der Waals surface area contributed by atoms with Crippen LogP contribution >= 0.6 is 11.6 Å². The van der Waals surface area contributed by atoms with E-state index in [2.05, 4.69) is 15.3 Å². The lowest BCUT2D eigenvalue weighted by molar-refractivity contribution is 0.0696. The molecule has 0 fully saturated rings. The first kappa shape index (κ1) is 18.6. The topological polar surface area (TPSA) is 92.2 Å². The molecule has 4 rings (SSSR count). The number of carbonyl (C=O) groups is 2. The van der Waals surface area contributed by atoms with Crippen molar-refractivity contribution in [1.29, 1.82) is 0 Å². The number of fused-ring (bicyclic) bond motifs is 1. The number of pyridine rings is 2. The molecule has 2 aromatic carbocycles. The van der Waals surface area contributed by atoms with Crippen molar-refractivity contribution in [3.05, 3.63) is 89.2 Å².